The summed E-state index contributed by atoms with van der Waals surface area (Å²) in [6, 6.07) is 13.8. The van der Waals surface area contributed by atoms with Gasteiger partial charge in [-0.1, -0.05) is 53.5 Å². The maximum Gasteiger partial charge on any atom is 0.122 e. The predicted molar refractivity (Wildman–Crippen MR) is 93.7 cm³/mol. The lowest BCUT2D eigenvalue weighted by Gasteiger charge is -2.15. The number of hydrogen-bond acceptors (Lipinski definition) is 2. The van der Waals surface area contributed by atoms with Crippen LogP contribution in [0.3, 0.4) is 0 Å². The number of ether oxygens (including phenoxy) is 1. The Morgan fingerprint density at radius 2 is 1.95 bits per heavy atom. The molecule has 0 saturated carbocycles. The molecule has 2 aromatic rings. The van der Waals surface area contributed by atoms with Gasteiger partial charge in [0.1, 0.15) is 12.4 Å². The van der Waals surface area contributed by atoms with Crippen LogP contribution in [0.4, 0.5) is 5.69 Å². The van der Waals surface area contributed by atoms with Crippen molar-refractivity contribution in [1.82, 2.24) is 0 Å². The SMILES string of the molecule is CC(C)c1cc(Br)ccc1OCCNc1ccccc1Cl. The minimum atomic E-state index is 0.425. The first-order valence-corrected chi connectivity index (χ1v) is 8.15. The highest BCUT2D eigenvalue weighted by molar-refractivity contribution is 9.10. The van der Waals surface area contributed by atoms with E-state index >= 15 is 0 Å². The largest absolute Gasteiger partial charge is 0.491 e. The van der Waals surface area contributed by atoms with Crippen molar-refractivity contribution in [3.63, 3.8) is 0 Å². The standard InChI is InChI=1S/C17H19BrClNO/c1-12(2)14-11-13(18)7-8-17(14)21-10-9-20-16-6-4-3-5-15(16)19/h3-8,11-12,20H,9-10H2,1-2H3. The molecule has 0 aromatic heterocycles. The summed E-state index contributed by atoms with van der Waals surface area (Å²) in [6.45, 7) is 5.62. The molecular weight excluding hydrogens is 350 g/mol. The maximum absolute atomic E-state index is 6.10. The van der Waals surface area contributed by atoms with Gasteiger partial charge in [0.2, 0.25) is 0 Å². The van der Waals surface area contributed by atoms with Crippen LogP contribution in [0, 0.1) is 0 Å². The van der Waals surface area contributed by atoms with E-state index in [1.54, 1.807) is 0 Å². The van der Waals surface area contributed by atoms with E-state index in [1.807, 2.05) is 36.4 Å². The van der Waals surface area contributed by atoms with Crippen molar-refractivity contribution < 1.29 is 4.74 Å². The summed E-state index contributed by atoms with van der Waals surface area (Å²) in [5, 5.41) is 4.00. The van der Waals surface area contributed by atoms with Crippen LogP contribution >= 0.6 is 27.5 Å². The molecule has 4 heteroatoms. The van der Waals surface area contributed by atoms with E-state index < -0.39 is 0 Å². The van der Waals surface area contributed by atoms with Gasteiger partial charge in [0.05, 0.1) is 10.7 Å². The molecule has 112 valence electrons. The Labute approximate surface area is 139 Å². The second-order valence-corrected chi connectivity index (χ2v) is 6.41. The molecule has 21 heavy (non-hydrogen) atoms. The molecule has 0 bridgehead atoms. The second kappa shape index (κ2) is 7.71. The molecule has 0 spiro atoms. The highest BCUT2D eigenvalue weighted by Gasteiger charge is 2.08. The van der Waals surface area contributed by atoms with Gasteiger partial charge in [-0.15, -0.1) is 0 Å². The Bertz CT molecular complexity index is 601. The Morgan fingerprint density at radius 3 is 2.67 bits per heavy atom. The third-order valence-electron chi connectivity index (χ3n) is 3.14. The zero-order valence-electron chi connectivity index (χ0n) is 12.2. The zero-order chi connectivity index (χ0) is 15.2. The molecule has 0 fully saturated rings. The number of para-hydroxylation sites is 1. The molecule has 0 aliphatic rings. The monoisotopic (exact) mass is 367 g/mol. The number of halogens is 2. The smallest absolute Gasteiger partial charge is 0.122 e. The normalized spacial score (nSPS) is 10.7. The number of benzene rings is 2. The number of anilines is 1. The van der Waals surface area contributed by atoms with E-state index in [2.05, 4.69) is 41.2 Å². The van der Waals surface area contributed by atoms with Crippen molar-refractivity contribution in [3.05, 3.63) is 57.5 Å². The predicted octanol–water partition coefficient (Wildman–Crippen LogP) is 5.72. The summed E-state index contributed by atoms with van der Waals surface area (Å²) in [7, 11) is 0. The highest BCUT2D eigenvalue weighted by atomic mass is 79.9. The van der Waals surface area contributed by atoms with E-state index in [0.29, 0.717) is 19.1 Å². The molecule has 0 aliphatic heterocycles. The van der Waals surface area contributed by atoms with Crippen LogP contribution < -0.4 is 10.1 Å². The Morgan fingerprint density at radius 1 is 1.19 bits per heavy atom. The maximum atomic E-state index is 6.10. The molecule has 0 aliphatic carbocycles. The lowest BCUT2D eigenvalue weighted by atomic mass is 10.0. The third-order valence-corrected chi connectivity index (χ3v) is 3.97. The van der Waals surface area contributed by atoms with Crippen molar-refractivity contribution in [2.75, 3.05) is 18.5 Å². The number of rotatable bonds is 6. The molecule has 2 rings (SSSR count). The number of hydrogen-bond donors (Lipinski definition) is 1. The minimum absolute atomic E-state index is 0.425. The van der Waals surface area contributed by atoms with Gasteiger partial charge in [-0.25, -0.2) is 0 Å². The fraction of sp³-hybridized carbons (Fsp3) is 0.294. The average Bonchev–Trinajstić information content (AvgIpc) is 2.46. The van der Waals surface area contributed by atoms with Gasteiger partial charge >= 0.3 is 0 Å². The van der Waals surface area contributed by atoms with Gasteiger partial charge in [0.25, 0.3) is 0 Å². The highest BCUT2D eigenvalue weighted by Crippen LogP contribution is 2.29. The van der Waals surface area contributed by atoms with Gasteiger partial charge in [0.15, 0.2) is 0 Å². The lowest BCUT2D eigenvalue weighted by Crippen LogP contribution is -2.12. The molecule has 0 saturated heterocycles. The first kappa shape index (κ1) is 16.2. The molecular formula is C17H19BrClNO. The quantitative estimate of drug-likeness (QED) is 0.659. The molecule has 1 N–H and O–H groups in total. The van der Waals surface area contributed by atoms with Gasteiger partial charge in [0, 0.05) is 11.0 Å². The van der Waals surface area contributed by atoms with E-state index in [4.69, 9.17) is 16.3 Å². The summed E-state index contributed by atoms with van der Waals surface area (Å²) in [6.07, 6.45) is 0. The topological polar surface area (TPSA) is 21.3 Å². The van der Waals surface area contributed by atoms with E-state index in [-0.39, 0.29) is 0 Å². The van der Waals surface area contributed by atoms with Crippen molar-refractivity contribution in [2.45, 2.75) is 19.8 Å². The third kappa shape index (κ3) is 4.65. The van der Waals surface area contributed by atoms with E-state index in [0.717, 1.165) is 20.9 Å². The van der Waals surface area contributed by atoms with Crippen LogP contribution in [0.5, 0.6) is 5.75 Å². The molecule has 2 nitrogen and oxygen atoms in total. The van der Waals surface area contributed by atoms with Gasteiger partial charge in [-0.05, 0) is 41.8 Å². The average molecular weight is 369 g/mol. The molecule has 0 heterocycles. The summed E-state index contributed by atoms with van der Waals surface area (Å²) >= 11 is 9.60. The van der Waals surface area contributed by atoms with Gasteiger partial charge in [-0.2, -0.15) is 0 Å². The Balaban J connectivity index is 1.91. The number of nitrogens with one attached hydrogen (secondary N) is 1. The molecule has 0 amide bonds. The second-order valence-electron chi connectivity index (χ2n) is 5.09. The van der Waals surface area contributed by atoms with Crippen LogP contribution in [0.2, 0.25) is 5.02 Å². The fourth-order valence-electron chi connectivity index (χ4n) is 2.05. The Hall–Kier alpha value is -1.19. The van der Waals surface area contributed by atoms with Crippen LogP contribution in [0.1, 0.15) is 25.3 Å². The molecule has 2 aromatic carbocycles. The fourth-order valence-corrected chi connectivity index (χ4v) is 2.63. The van der Waals surface area contributed by atoms with Crippen molar-refractivity contribution in [3.8, 4) is 5.75 Å². The van der Waals surface area contributed by atoms with E-state index in [9.17, 15) is 0 Å². The van der Waals surface area contributed by atoms with Crippen molar-refractivity contribution in [2.24, 2.45) is 0 Å². The van der Waals surface area contributed by atoms with Crippen LogP contribution in [0.25, 0.3) is 0 Å². The van der Waals surface area contributed by atoms with Gasteiger partial charge in [-0.3, -0.25) is 0 Å². The van der Waals surface area contributed by atoms with Gasteiger partial charge < -0.3 is 10.1 Å². The summed E-state index contributed by atoms with van der Waals surface area (Å²) in [4.78, 5) is 0. The summed E-state index contributed by atoms with van der Waals surface area (Å²) in [5.74, 6) is 1.36. The molecule has 0 unspecified atom stereocenters. The van der Waals surface area contributed by atoms with Crippen LogP contribution in [0.15, 0.2) is 46.9 Å². The summed E-state index contributed by atoms with van der Waals surface area (Å²) in [5.41, 5.74) is 2.14. The van der Waals surface area contributed by atoms with Crippen molar-refractivity contribution >= 4 is 33.2 Å². The van der Waals surface area contributed by atoms with E-state index in [1.165, 1.54) is 5.56 Å². The molecule has 0 atom stereocenters. The molecule has 0 radical (unpaired) electrons. The first-order chi connectivity index (χ1) is 10.1. The first-order valence-electron chi connectivity index (χ1n) is 6.98. The van der Waals surface area contributed by atoms with Crippen LogP contribution in [-0.2, 0) is 0 Å². The summed E-state index contributed by atoms with van der Waals surface area (Å²) < 4.78 is 6.97. The lowest BCUT2D eigenvalue weighted by molar-refractivity contribution is 0.328. The van der Waals surface area contributed by atoms with Crippen molar-refractivity contribution in [1.29, 1.82) is 0 Å². The van der Waals surface area contributed by atoms with Crippen LogP contribution in [-0.4, -0.2) is 13.2 Å². The minimum Gasteiger partial charge on any atom is -0.491 e. The zero-order valence-corrected chi connectivity index (χ0v) is 14.5. The Kier molecular flexibility index (Phi) is 5.95.